The quantitative estimate of drug-likeness (QED) is 0.364. The van der Waals surface area contributed by atoms with Crippen LogP contribution in [0.5, 0.6) is 0 Å². The van der Waals surface area contributed by atoms with Gasteiger partial charge in [-0.25, -0.2) is 0 Å². The molecule has 0 spiro atoms. The Labute approximate surface area is 114 Å². The van der Waals surface area contributed by atoms with Crippen LogP contribution in [0.4, 0.5) is 0 Å². The Morgan fingerprint density at radius 3 is 2.22 bits per heavy atom. The Balaban J connectivity index is 3.38. The van der Waals surface area contributed by atoms with E-state index in [0.717, 1.165) is 12.8 Å². The van der Waals surface area contributed by atoms with Gasteiger partial charge in [0.25, 0.3) is 0 Å². The second-order valence-corrected chi connectivity index (χ2v) is 5.08. The number of allylic oxidation sites excluding steroid dienone is 3. The zero-order chi connectivity index (χ0) is 13.5. The molecule has 1 nitrogen and oxygen atoms in total. The highest BCUT2D eigenvalue weighted by Crippen LogP contribution is 2.06. The van der Waals surface area contributed by atoms with Crippen molar-refractivity contribution in [1.82, 2.24) is 0 Å². The summed E-state index contributed by atoms with van der Waals surface area (Å²) in [5.41, 5.74) is 0. The number of rotatable bonds is 12. The first kappa shape index (κ1) is 17.4. The van der Waals surface area contributed by atoms with Gasteiger partial charge >= 0.3 is 0 Å². The monoisotopic (exact) mass is 252 g/mol. The summed E-state index contributed by atoms with van der Waals surface area (Å²) in [7, 11) is 0. The van der Waals surface area contributed by atoms with Gasteiger partial charge in [-0.05, 0) is 19.3 Å². The summed E-state index contributed by atoms with van der Waals surface area (Å²) in [4.78, 5) is 0. The normalized spacial score (nSPS) is 13.7. The third-order valence-electron chi connectivity index (χ3n) is 3.16. The lowest BCUT2D eigenvalue weighted by Gasteiger charge is -2.03. The molecule has 1 N–H and O–H groups in total. The van der Waals surface area contributed by atoms with Crippen LogP contribution in [0.3, 0.4) is 0 Å². The van der Waals surface area contributed by atoms with Crippen molar-refractivity contribution in [1.29, 1.82) is 0 Å². The molecule has 0 aliphatic heterocycles. The fourth-order valence-corrected chi connectivity index (χ4v) is 1.93. The summed E-state index contributed by atoms with van der Waals surface area (Å²) >= 11 is 0. The van der Waals surface area contributed by atoms with Crippen molar-refractivity contribution in [2.45, 2.75) is 84.2 Å². The minimum absolute atomic E-state index is 0.259. The maximum atomic E-state index is 9.65. The van der Waals surface area contributed by atoms with Gasteiger partial charge < -0.3 is 5.11 Å². The summed E-state index contributed by atoms with van der Waals surface area (Å²) in [5.74, 6) is 0. The first-order chi connectivity index (χ1) is 8.81. The lowest BCUT2D eigenvalue weighted by molar-refractivity contribution is 0.208. The van der Waals surface area contributed by atoms with Crippen LogP contribution in [-0.2, 0) is 0 Å². The topological polar surface area (TPSA) is 20.2 Å². The van der Waals surface area contributed by atoms with Crippen LogP contribution in [0.2, 0.25) is 0 Å². The van der Waals surface area contributed by atoms with Crippen molar-refractivity contribution in [2.24, 2.45) is 0 Å². The number of hydrogen-bond acceptors (Lipinski definition) is 1. The van der Waals surface area contributed by atoms with E-state index in [1.807, 2.05) is 12.2 Å². The van der Waals surface area contributed by atoms with Crippen molar-refractivity contribution < 1.29 is 5.11 Å². The largest absolute Gasteiger partial charge is 0.389 e. The van der Waals surface area contributed by atoms with E-state index in [-0.39, 0.29) is 6.10 Å². The molecule has 0 rings (SSSR count). The fourth-order valence-electron chi connectivity index (χ4n) is 1.93. The predicted octanol–water partition coefficient (Wildman–Crippen LogP) is 5.40. The first-order valence-corrected chi connectivity index (χ1v) is 7.82. The lowest BCUT2D eigenvalue weighted by Crippen LogP contribution is -2.00. The van der Waals surface area contributed by atoms with Gasteiger partial charge in [-0.15, -0.1) is 0 Å². The van der Waals surface area contributed by atoms with Crippen molar-refractivity contribution in [3.05, 3.63) is 24.3 Å². The molecule has 0 aliphatic carbocycles. The van der Waals surface area contributed by atoms with Gasteiger partial charge in [0.15, 0.2) is 0 Å². The van der Waals surface area contributed by atoms with Gasteiger partial charge in [0, 0.05) is 0 Å². The fraction of sp³-hybridized carbons (Fsp3) is 0.765. The van der Waals surface area contributed by atoms with Crippen LogP contribution in [0.1, 0.15) is 78.1 Å². The van der Waals surface area contributed by atoms with E-state index in [1.165, 1.54) is 51.4 Å². The van der Waals surface area contributed by atoms with Crippen LogP contribution in [0.15, 0.2) is 24.3 Å². The first-order valence-electron chi connectivity index (χ1n) is 7.82. The molecule has 1 atom stereocenters. The zero-order valence-corrected chi connectivity index (χ0v) is 12.4. The summed E-state index contributed by atoms with van der Waals surface area (Å²) < 4.78 is 0. The average Bonchev–Trinajstić information content (AvgIpc) is 2.37. The van der Waals surface area contributed by atoms with Crippen LogP contribution < -0.4 is 0 Å². The van der Waals surface area contributed by atoms with Crippen LogP contribution in [0.25, 0.3) is 0 Å². The number of aliphatic hydroxyl groups is 1. The third-order valence-corrected chi connectivity index (χ3v) is 3.16. The van der Waals surface area contributed by atoms with Crippen LogP contribution in [0, 0.1) is 0 Å². The highest BCUT2D eigenvalue weighted by molar-refractivity contribution is 5.04. The SMILES string of the molecule is CCCCCCCC=CC=CC(O)CCCCC. The number of hydrogen-bond donors (Lipinski definition) is 1. The molecule has 0 amide bonds. The highest BCUT2D eigenvalue weighted by atomic mass is 16.3. The molecular formula is C17H32O. The minimum Gasteiger partial charge on any atom is -0.389 e. The number of unbranched alkanes of at least 4 members (excludes halogenated alkanes) is 7. The Kier molecular flexibility index (Phi) is 14.0. The van der Waals surface area contributed by atoms with E-state index < -0.39 is 0 Å². The molecule has 0 heterocycles. The van der Waals surface area contributed by atoms with Crippen LogP contribution in [-0.4, -0.2) is 11.2 Å². The van der Waals surface area contributed by atoms with Gasteiger partial charge in [-0.3, -0.25) is 0 Å². The van der Waals surface area contributed by atoms with Gasteiger partial charge in [-0.2, -0.15) is 0 Å². The van der Waals surface area contributed by atoms with E-state index in [1.54, 1.807) is 0 Å². The molecule has 1 unspecified atom stereocenters. The molecule has 0 aromatic carbocycles. The molecule has 106 valence electrons. The average molecular weight is 252 g/mol. The molecular weight excluding hydrogens is 220 g/mol. The van der Waals surface area contributed by atoms with E-state index in [2.05, 4.69) is 26.0 Å². The molecule has 0 bridgehead atoms. The molecule has 0 saturated carbocycles. The molecule has 0 radical (unpaired) electrons. The molecule has 0 aromatic rings. The second-order valence-electron chi connectivity index (χ2n) is 5.08. The molecule has 0 fully saturated rings. The van der Waals surface area contributed by atoms with Crippen molar-refractivity contribution in [3.8, 4) is 0 Å². The second kappa shape index (κ2) is 14.5. The van der Waals surface area contributed by atoms with Gasteiger partial charge in [-0.1, -0.05) is 83.1 Å². The summed E-state index contributed by atoms with van der Waals surface area (Å²) in [6.45, 7) is 4.43. The maximum absolute atomic E-state index is 9.65. The third kappa shape index (κ3) is 13.5. The smallest absolute Gasteiger partial charge is 0.0723 e. The zero-order valence-electron chi connectivity index (χ0n) is 12.4. The van der Waals surface area contributed by atoms with E-state index in [9.17, 15) is 5.11 Å². The Hall–Kier alpha value is -0.560. The molecule has 18 heavy (non-hydrogen) atoms. The summed E-state index contributed by atoms with van der Waals surface area (Å²) in [5, 5.41) is 9.65. The van der Waals surface area contributed by atoms with E-state index in [4.69, 9.17) is 0 Å². The number of aliphatic hydroxyl groups excluding tert-OH is 1. The molecule has 1 heteroatoms. The van der Waals surface area contributed by atoms with E-state index >= 15 is 0 Å². The Morgan fingerprint density at radius 1 is 0.833 bits per heavy atom. The molecule has 0 saturated heterocycles. The van der Waals surface area contributed by atoms with Crippen molar-refractivity contribution in [3.63, 3.8) is 0 Å². The molecule has 0 aromatic heterocycles. The maximum Gasteiger partial charge on any atom is 0.0723 e. The van der Waals surface area contributed by atoms with Crippen molar-refractivity contribution in [2.75, 3.05) is 0 Å². The molecule has 0 aliphatic rings. The van der Waals surface area contributed by atoms with Gasteiger partial charge in [0.1, 0.15) is 0 Å². The lowest BCUT2D eigenvalue weighted by atomic mass is 10.1. The van der Waals surface area contributed by atoms with E-state index in [0.29, 0.717) is 0 Å². The summed E-state index contributed by atoms with van der Waals surface area (Å²) in [6, 6.07) is 0. The van der Waals surface area contributed by atoms with Gasteiger partial charge in [0.05, 0.1) is 6.10 Å². The van der Waals surface area contributed by atoms with Gasteiger partial charge in [0.2, 0.25) is 0 Å². The minimum atomic E-state index is -0.259. The Morgan fingerprint density at radius 2 is 1.50 bits per heavy atom. The highest BCUT2D eigenvalue weighted by Gasteiger charge is 1.96. The van der Waals surface area contributed by atoms with Crippen LogP contribution >= 0.6 is 0 Å². The standard InChI is InChI=1S/C17H32O/c1-3-5-7-8-9-10-11-12-14-16-17(18)15-13-6-4-2/h11-12,14,16-18H,3-10,13,15H2,1-2H3. The Bertz CT molecular complexity index is 206. The predicted molar refractivity (Wildman–Crippen MR) is 81.8 cm³/mol. The summed E-state index contributed by atoms with van der Waals surface area (Å²) in [6.07, 6.45) is 20.2. The van der Waals surface area contributed by atoms with Crippen molar-refractivity contribution >= 4 is 0 Å².